The Kier molecular flexibility index (Phi) is 9.20. The third-order valence-corrected chi connectivity index (χ3v) is 5.91. The SMILES string of the molecule is CCOC(=O)Cc1csc(NN=Cc2ccc(OCc3c(Cl)cc(Cl)cc3Cl)c(OC)c2)n1. The van der Waals surface area contributed by atoms with Crippen LogP contribution < -0.4 is 14.9 Å². The highest BCUT2D eigenvalue weighted by molar-refractivity contribution is 7.13. The maximum atomic E-state index is 11.5. The molecule has 174 valence electrons. The highest BCUT2D eigenvalue weighted by Gasteiger charge is 2.12. The lowest BCUT2D eigenvalue weighted by Gasteiger charge is -2.13. The molecule has 7 nitrogen and oxygen atoms in total. The van der Waals surface area contributed by atoms with Crippen LogP contribution in [-0.4, -0.2) is 30.9 Å². The van der Waals surface area contributed by atoms with Crippen molar-refractivity contribution in [2.75, 3.05) is 19.1 Å². The molecule has 0 aliphatic rings. The number of aromatic nitrogens is 1. The van der Waals surface area contributed by atoms with Gasteiger partial charge in [0, 0.05) is 16.0 Å². The van der Waals surface area contributed by atoms with E-state index in [1.807, 2.05) is 6.07 Å². The van der Waals surface area contributed by atoms with E-state index in [1.54, 1.807) is 49.9 Å². The predicted octanol–water partition coefficient (Wildman–Crippen LogP) is 6.24. The van der Waals surface area contributed by atoms with Crippen molar-refractivity contribution in [2.24, 2.45) is 5.10 Å². The number of carbonyl (C=O) groups is 1. The number of carbonyl (C=O) groups excluding carboxylic acids is 1. The Labute approximate surface area is 210 Å². The number of nitrogens with zero attached hydrogens (tertiary/aromatic N) is 2. The molecule has 0 amide bonds. The van der Waals surface area contributed by atoms with Crippen LogP contribution in [0.5, 0.6) is 11.5 Å². The Balaban J connectivity index is 1.61. The Morgan fingerprint density at radius 3 is 2.64 bits per heavy atom. The van der Waals surface area contributed by atoms with Crippen LogP contribution in [-0.2, 0) is 22.6 Å². The number of halogens is 3. The van der Waals surface area contributed by atoms with Gasteiger partial charge in [0.25, 0.3) is 0 Å². The molecular weight excluding hydrogens is 509 g/mol. The summed E-state index contributed by atoms with van der Waals surface area (Å²) in [5, 5.41) is 7.83. The Hall–Kier alpha value is -2.52. The molecule has 0 saturated heterocycles. The number of thiazole rings is 1. The molecule has 0 bridgehead atoms. The van der Waals surface area contributed by atoms with Gasteiger partial charge in [-0.1, -0.05) is 34.8 Å². The first-order chi connectivity index (χ1) is 15.9. The third kappa shape index (κ3) is 7.23. The van der Waals surface area contributed by atoms with Gasteiger partial charge in [-0.2, -0.15) is 5.10 Å². The second-order valence-electron chi connectivity index (χ2n) is 6.54. The van der Waals surface area contributed by atoms with Crippen LogP contribution in [0.2, 0.25) is 15.1 Å². The molecule has 0 atom stereocenters. The van der Waals surface area contributed by atoms with Crippen molar-refractivity contribution in [3.05, 3.63) is 67.6 Å². The first-order valence-corrected chi connectivity index (χ1v) is 11.7. The van der Waals surface area contributed by atoms with Crippen LogP contribution in [0.25, 0.3) is 0 Å². The van der Waals surface area contributed by atoms with E-state index in [0.717, 1.165) is 5.56 Å². The fourth-order valence-corrected chi connectivity index (χ4v) is 4.29. The summed E-state index contributed by atoms with van der Waals surface area (Å²) >= 11 is 19.7. The number of hydrogen-bond donors (Lipinski definition) is 1. The maximum Gasteiger partial charge on any atom is 0.311 e. The number of rotatable bonds is 10. The van der Waals surface area contributed by atoms with Crippen molar-refractivity contribution < 1.29 is 19.0 Å². The highest BCUT2D eigenvalue weighted by atomic mass is 35.5. The summed E-state index contributed by atoms with van der Waals surface area (Å²) < 4.78 is 16.2. The molecule has 0 fully saturated rings. The van der Waals surface area contributed by atoms with Gasteiger partial charge in [0.2, 0.25) is 5.13 Å². The summed E-state index contributed by atoms with van der Waals surface area (Å²) in [4.78, 5) is 15.8. The zero-order valence-corrected chi connectivity index (χ0v) is 20.8. The van der Waals surface area contributed by atoms with Crippen LogP contribution >= 0.6 is 46.1 Å². The zero-order valence-electron chi connectivity index (χ0n) is 17.7. The second-order valence-corrected chi connectivity index (χ2v) is 8.65. The summed E-state index contributed by atoms with van der Waals surface area (Å²) in [6, 6.07) is 8.58. The summed E-state index contributed by atoms with van der Waals surface area (Å²) in [6.07, 6.45) is 1.74. The van der Waals surface area contributed by atoms with E-state index in [2.05, 4.69) is 15.5 Å². The lowest BCUT2D eigenvalue weighted by Crippen LogP contribution is -2.07. The maximum absolute atomic E-state index is 11.5. The quantitative estimate of drug-likeness (QED) is 0.190. The number of benzene rings is 2. The van der Waals surface area contributed by atoms with Crippen molar-refractivity contribution >= 4 is 63.5 Å². The molecule has 0 aliphatic heterocycles. The van der Waals surface area contributed by atoms with E-state index in [-0.39, 0.29) is 19.0 Å². The lowest BCUT2D eigenvalue weighted by atomic mass is 10.2. The summed E-state index contributed by atoms with van der Waals surface area (Å²) in [5.74, 6) is 0.729. The molecule has 0 spiro atoms. The van der Waals surface area contributed by atoms with Gasteiger partial charge in [-0.25, -0.2) is 4.98 Å². The molecule has 2 aromatic carbocycles. The second kappa shape index (κ2) is 12.1. The van der Waals surface area contributed by atoms with Gasteiger partial charge in [-0.15, -0.1) is 11.3 Å². The van der Waals surface area contributed by atoms with Gasteiger partial charge >= 0.3 is 5.97 Å². The monoisotopic (exact) mass is 527 g/mol. The van der Waals surface area contributed by atoms with Crippen LogP contribution in [0, 0.1) is 0 Å². The minimum Gasteiger partial charge on any atom is -0.493 e. The van der Waals surface area contributed by atoms with E-state index in [9.17, 15) is 4.79 Å². The van der Waals surface area contributed by atoms with Gasteiger partial charge in [0.05, 0.1) is 42.1 Å². The van der Waals surface area contributed by atoms with Crippen molar-refractivity contribution in [2.45, 2.75) is 20.0 Å². The number of nitrogens with one attached hydrogen (secondary N) is 1. The van der Waals surface area contributed by atoms with Gasteiger partial charge in [-0.3, -0.25) is 10.2 Å². The average molecular weight is 529 g/mol. The molecule has 3 rings (SSSR count). The summed E-state index contributed by atoms with van der Waals surface area (Å²) in [6.45, 7) is 2.26. The van der Waals surface area contributed by atoms with E-state index >= 15 is 0 Å². The molecule has 0 saturated carbocycles. The average Bonchev–Trinajstić information content (AvgIpc) is 3.20. The number of methoxy groups -OCH3 is 1. The first kappa shape index (κ1) is 25.1. The molecule has 11 heteroatoms. The topological polar surface area (TPSA) is 82.0 Å². The van der Waals surface area contributed by atoms with Crippen molar-refractivity contribution in [1.82, 2.24) is 4.98 Å². The van der Waals surface area contributed by atoms with E-state index in [0.29, 0.717) is 49.6 Å². The highest BCUT2D eigenvalue weighted by Crippen LogP contribution is 2.33. The largest absolute Gasteiger partial charge is 0.493 e. The number of hydrazone groups is 1. The number of esters is 1. The van der Waals surface area contributed by atoms with E-state index in [4.69, 9.17) is 49.0 Å². The smallest absolute Gasteiger partial charge is 0.311 e. The van der Waals surface area contributed by atoms with Crippen molar-refractivity contribution in [1.29, 1.82) is 0 Å². The lowest BCUT2D eigenvalue weighted by molar-refractivity contribution is -0.142. The molecule has 1 heterocycles. The normalized spacial score (nSPS) is 10.9. The molecule has 0 unspecified atom stereocenters. The standard InChI is InChI=1S/C22H20Cl3N3O4S/c1-3-31-21(29)9-15-12-33-22(27-15)28-26-10-13-4-5-19(20(6-13)30-2)32-11-16-17(24)7-14(23)8-18(16)25/h4-8,10,12H,3,9,11H2,1-2H3,(H,27,28). The Morgan fingerprint density at radius 1 is 1.18 bits per heavy atom. The minimum absolute atomic E-state index is 0.126. The molecule has 33 heavy (non-hydrogen) atoms. The zero-order chi connectivity index (χ0) is 23.8. The number of anilines is 1. The molecule has 0 radical (unpaired) electrons. The van der Waals surface area contributed by atoms with Crippen LogP contribution in [0.1, 0.15) is 23.7 Å². The Morgan fingerprint density at radius 2 is 1.94 bits per heavy atom. The number of ether oxygens (including phenoxy) is 3. The molecule has 3 aromatic rings. The van der Waals surface area contributed by atoms with Crippen LogP contribution in [0.3, 0.4) is 0 Å². The first-order valence-electron chi connectivity index (χ1n) is 9.73. The van der Waals surface area contributed by atoms with E-state index in [1.165, 1.54) is 11.3 Å². The van der Waals surface area contributed by atoms with E-state index < -0.39 is 0 Å². The van der Waals surface area contributed by atoms with Gasteiger partial charge in [0.1, 0.15) is 6.61 Å². The molecule has 1 N–H and O–H groups in total. The van der Waals surface area contributed by atoms with Gasteiger partial charge in [-0.05, 0) is 42.8 Å². The van der Waals surface area contributed by atoms with Crippen molar-refractivity contribution in [3.63, 3.8) is 0 Å². The van der Waals surface area contributed by atoms with Gasteiger partial charge < -0.3 is 14.2 Å². The minimum atomic E-state index is -0.312. The van der Waals surface area contributed by atoms with Crippen LogP contribution in [0.4, 0.5) is 5.13 Å². The summed E-state index contributed by atoms with van der Waals surface area (Å²) in [7, 11) is 1.55. The molecule has 1 aromatic heterocycles. The Bertz CT molecular complexity index is 1130. The van der Waals surface area contributed by atoms with Crippen LogP contribution in [0.15, 0.2) is 40.8 Å². The number of hydrogen-bond acceptors (Lipinski definition) is 8. The van der Waals surface area contributed by atoms with Gasteiger partial charge in [0.15, 0.2) is 11.5 Å². The molecule has 0 aliphatic carbocycles. The fraction of sp³-hybridized carbons (Fsp3) is 0.227. The van der Waals surface area contributed by atoms with Crippen molar-refractivity contribution in [3.8, 4) is 11.5 Å². The summed E-state index contributed by atoms with van der Waals surface area (Å²) in [5.41, 5.74) is 4.88. The third-order valence-electron chi connectivity index (χ3n) is 4.22. The fourth-order valence-electron chi connectivity index (χ4n) is 2.71. The molecular formula is C22H20Cl3N3O4S. The predicted molar refractivity (Wildman–Crippen MR) is 132 cm³/mol.